The molecule has 0 aromatic rings. The van der Waals surface area contributed by atoms with Gasteiger partial charge in [-0.3, -0.25) is 4.79 Å². The molecule has 0 spiro atoms. The van der Waals surface area contributed by atoms with E-state index in [0.717, 1.165) is 0 Å². The van der Waals surface area contributed by atoms with Crippen molar-refractivity contribution in [2.24, 2.45) is 5.92 Å². The third-order valence-corrected chi connectivity index (χ3v) is 1.45. The van der Waals surface area contributed by atoms with E-state index in [4.69, 9.17) is 16.3 Å². The van der Waals surface area contributed by atoms with E-state index in [0.29, 0.717) is 18.9 Å². The molecule has 2 nitrogen and oxygen atoms in total. The van der Waals surface area contributed by atoms with Gasteiger partial charge in [0.1, 0.15) is 0 Å². The first kappa shape index (κ1) is 9.76. The number of carbonyl (C=O) groups is 1. The van der Waals surface area contributed by atoms with Crippen molar-refractivity contribution in [3.63, 3.8) is 0 Å². The monoisotopic (exact) mass is 164 g/mol. The largest absolute Gasteiger partial charge is 0.466 e. The Kier molecular flexibility index (Phi) is 5.40. The molecule has 0 saturated carbocycles. The second-order valence-corrected chi connectivity index (χ2v) is 2.51. The van der Waals surface area contributed by atoms with Gasteiger partial charge >= 0.3 is 5.97 Å². The third-order valence-electron chi connectivity index (χ3n) is 1.23. The Labute approximate surface area is 66.5 Å². The van der Waals surface area contributed by atoms with Crippen molar-refractivity contribution in [3.05, 3.63) is 0 Å². The summed E-state index contributed by atoms with van der Waals surface area (Å²) in [4.78, 5) is 10.9. The van der Waals surface area contributed by atoms with Crippen molar-refractivity contribution >= 4 is 17.6 Å². The van der Waals surface area contributed by atoms with Gasteiger partial charge in [0.25, 0.3) is 0 Å². The summed E-state index contributed by atoms with van der Waals surface area (Å²) in [5, 5.41) is 0. The number of rotatable bonds is 4. The summed E-state index contributed by atoms with van der Waals surface area (Å²) in [6.07, 6.45) is 0.695. The zero-order chi connectivity index (χ0) is 7.98. The molecule has 0 heterocycles. The molecule has 0 aliphatic rings. The van der Waals surface area contributed by atoms with Crippen LogP contribution < -0.4 is 0 Å². The Hall–Kier alpha value is -0.240. The maximum absolute atomic E-state index is 10.9. The topological polar surface area (TPSA) is 26.3 Å². The first-order valence-electron chi connectivity index (χ1n) is 3.45. The number of hydrogen-bond donors (Lipinski definition) is 0. The van der Waals surface area contributed by atoms with E-state index < -0.39 is 0 Å². The van der Waals surface area contributed by atoms with E-state index in [1.165, 1.54) is 0 Å². The quantitative estimate of drug-likeness (QED) is 0.468. The number of halogens is 1. The van der Waals surface area contributed by atoms with Crippen LogP contribution in [0.2, 0.25) is 0 Å². The molecule has 0 fully saturated rings. The molecule has 0 radical (unpaired) electrons. The maximum atomic E-state index is 10.9. The van der Waals surface area contributed by atoms with E-state index >= 15 is 0 Å². The highest BCUT2D eigenvalue weighted by Crippen LogP contribution is 2.04. The van der Waals surface area contributed by atoms with Crippen molar-refractivity contribution < 1.29 is 9.53 Å². The predicted molar refractivity (Wildman–Crippen MR) is 41.1 cm³/mol. The Morgan fingerprint density at radius 1 is 1.70 bits per heavy atom. The SMILES string of the molecule is CCOC(=O)[C@@H](C)CCCl. The van der Waals surface area contributed by atoms with E-state index in [2.05, 4.69) is 0 Å². The van der Waals surface area contributed by atoms with Crippen molar-refractivity contribution in [3.8, 4) is 0 Å². The molecule has 0 aliphatic carbocycles. The average Bonchev–Trinajstić information content (AvgIpc) is 1.89. The second kappa shape index (κ2) is 5.54. The zero-order valence-corrected chi connectivity index (χ0v) is 7.15. The smallest absolute Gasteiger partial charge is 0.308 e. The predicted octanol–water partition coefficient (Wildman–Crippen LogP) is 1.81. The fourth-order valence-corrected chi connectivity index (χ4v) is 0.893. The molecule has 0 rings (SSSR count). The average molecular weight is 165 g/mol. The lowest BCUT2D eigenvalue weighted by molar-refractivity contribution is -0.147. The molecule has 0 aromatic carbocycles. The van der Waals surface area contributed by atoms with Crippen LogP contribution in [0, 0.1) is 5.92 Å². The first-order valence-corrected chi connectivity index (χ1v) is 3.98. The van der Waals surface area contributed by atoms with Crippen LogP contribution in [0.4, 0.5) is 0 Å². The van der Waals surface area contributed by atoms with Gasteiger partial charge in [-0.05, 0) is 13.3 Å². The van der Waals surface area contributed by atoms with E-state index in [9.17, 15) is 4.79 Å². The molecular weight excluding hydrogens is 152 g/mol. The summed E-state index contributed by atoms with van der Waals surface area (Å²) in [5.74, 6) is 0.306. The third kappa shape index (κ3) is 3.72. The van der Waals surface area contributed by atoms with Crippen LogP contribution in [0.1, 0.15) is 20.3 Å². The number of carbonyl (C=O) groups excluding carboxylic acids is 1. The summed E-state index contributed by atoms with van der Waals surface area (Å²) in [5.41, 5.74) is 0. The van der Waals surface area contributed by atoms with Crippen LogP contribution in [0.3, 0.4) is 0 Å². The molecular formula is C7H13ClO2. The molecule has 0 amide bonds. The molecule has 10 heavy (non-hydrogen) atoms. The summed E-state index contributed by atoms with van der Waals surface area (Å²) in [6.45, 7) is 4.07. The van der Waals surface area contributed by atoms with Crippen molar-refractivity contribution in [2.75, 3.05) is 12.5 Å². The van der Waals surface area contributed by atoms with Gasteiger partial charge in [-0.2, -0.15) is 0 Å². The molecule has 0 saturated heterocycles. The number of hydrogen-bond acceptors (Lipinski definition) is 2. The Morgan fingerprint density at radius 3 is 2.70 bits per heavy atom. The van der Waals surface area contributed by atoms with Crippen LogP contribution in [0.5, 0.6) is 0 Å². The van der Waals surface area contributed by atoms with Crippen LogP contribution in [-0.4, -0.2) is 18.5 Å². The molecule has 0 N–H and O–H groups in total. The molecule has 0 aromatic heterocycles. The molecule has 0 aliphatic heterocycles. The molecule has 60 valence electrons. The van der Waals surface area contributed by atoms with E-state index in [1.807, 2.05) is 6.92 Å². The van der Waals surface area contributed by atoms with Crippen molar-refractivity contribution in [1.82, 2.24) is 0 Å². The molecule has 3 heteroatoms. The lowest BCUT2D eigenvalue weighted by Gasteiger charge is -2.06. The van der Waals surface area contributed by atoms with E-state index in [-0.39, 0.29) is 11.9 Å². The highest BCUT2D eigenvalue weighted by Gasteiger charge is 2.11. The van der Waals surface area contributed by atoms with Crippen LogP contribution in [0.25, 0.3) is 0 Å². The Balaban J connectivity index is 3.49. The first-order chi connectivity index (χ1) is 4.72. The van der Waals surface area contributed by atoms with Crippen LogP contribution >= 0.6 is 11.6 Å². The van der Waals surface area contributed by atoms with E-state index in [1.54, 1.807) is 6.92 Å². The Bertz CT molecular complexity index is 104. The number of ether oxygens (including phenoxy) is 1. The summed E-state index contributed by atoms with van der Waals surface area (Å²) in [7, 11) is 0. The maximum Gasteiger partial charge on any atom is 0.308 e. The lowest BCUT2D eigenvalue weighted by Crippen LogP contribution is -2.14. The van der Waals surface area contributed by atoms with Gasteiger partial charge in [0.05, 0.1) is 12.5 Å². The van der Waals surface area contributed by atoms with Crippen molar-refractivity contribution in [1.29, 1.82) is 0 Å². The highest BCUT2D eigenvalue weighted by molar-refractivity contribution is 6.17. The minimum Gasteiger partial charge on any atom is -0.466 e. The number of alkyl halides is 1. The molecule has 0 bridgehead atoms. The molecule has 1 atom stereocenters. The normalized spacial score (nSPS) is 12.7. The van der Waals surface area contributed by atoms with Gasteiger partial charge in [-0.1, -0.05) is 6.92 Å². The van der Waals surface area contributed by atoms with Crippen LogP contribution in [0.15, 0.2) is 0 Å². The lowest BCUT2D eigenvalue weighted by atomic mass is 10.1. The molecule has 0 unspecified atom stereocenters. The van der Waals surface area contributed by atoms with Gasteiger partial charge in [0.2, 0.25) is 0 Å². The fraction of sp³-hybridized carbons (Fsp3) is 0.857. The Morgan fingerprint density at radius 2 is 2.30 bits per heavy atom. The van der Waals surface area contributed by atoms with Gasteiger partial charge in [-0.25, -0.2) is 0 Å². The summed E-state index contributed by atoms with van der Waals surface area (Å²) < 4.78 is 4.76. The number of esters is 1. The fourth-order valence-electron chi connectivity index (χ4n) is 0.566. The summed E-state index contributed by atoms with van der Waals surface area (Å²) >= 11 is 5.43. The van der Waals surface area contributed by atoms with Gasteiger partial charge in [0, 0.05) is 5.88 Å². The second-order valence-electron chi connectivity index (χ2n) is 2.13. The minimum absolute atomic E-state index is 0.0579. The highest BCUT2D eigenvalue weighted by atomic mass is 35.5. The summed E-state index contributed by atoms with van der Waals surface area (Å²) in [6, 6.07) is 0. The van der Waals surface area contributed by atoms with Gasteiger partial charge < -0.3 is 4.74 Å². The van der Waals surface area contributed by atoms with Crippen molar-refractivity contribution in [2.45, 2.75) is 20.3 Å². The zero-order valence-electron chi connectivity index (χ0n) is 6.39. The minimum atomic E-state index is -0.150. The van der Waals surface area contributed by atoms with Crippen LogP contribution in [-0.2, 0) is 9.53 Å². The van der Waals surface area contributed by atoms with Gasteiger partial charge in [0.15, 0.2) is 0 Å². The van der Waals surface area contributed by atoms with Gasteiger partial charge in [-0.15, -0.1) is 11.6 Å². The standard InChI is InChI=1S/C7H13ClO2/c1-3-10-7(9)6(2)4-5-8/h6H,3-5H2,1-2H3/t6-/m0/s1.